The molecular formula is C12H27N3O. The fraction of sp³-hybridized carbons (Fsp3) is 1.00. The normalized spacial score (nSPS) is 26.6. The Morgan fingerprint density at radius 1 is 1.44 bits per heavy atom. The molecule has 1 aliphatic heterocycles. The molecule has 0 saturated carbocycles. The molecule has 0 radical (unpaired) electrons. The van der Waals surface area contributed by atoms with Crippen molar-refractivity contribution in [3.63, 3.8) is 0 Å². The van der Waals surface area contributed by atoms with E-state index in [1.807, 2.05) is 0 Å². The summed E-state index contributed by atoms with van der Waals surface area (Å²) in [7, 11) is 4.23. The molecule has 0 spiro atoms. The van der Waals surface area contributed by atoms with Crippen LogP contribution >= 0.6 is 0 Å². The molecule has 1 saturated heterocycles. The van der Waals surface area contributed by atoms with E-state index in [9.17, 15) is 5.11 Å². The van der Waals surface area contributed by atoms with Crippen LogP contribution in [0.4, 0.5) is 0 Å². The van der Waals surface area contributed by atoms with E-state index in [-0.39, 0.29) is 18.7 Å². The molecule has 3 unspecified atom stereocenters. The lowest BCUT2D eigenvalue weighted by Gasteiger charge is -2.33. The fourth-order valence-corrected chi connectivity index (χ4v) is 2.42. The molecule has 3 atom stereocenters. The summed E-state index contributed by atoms with van der Waals surface area (Å²) in [5.41, 5.74) is 6.16. The van der Waals surface area contributed by atoms with Crippen LogP contribution in [0.15, 0.2) is 0 Å². The highest BCUT2D eigenvalue weighted by atomic mass is 16.3. The topological polar surface area (TPSA) is 52.7 Å². The van der Waals surface area contributed by atoms with Crippen LogP contribution in [0, 0.1) is 5.92 Å². The molecule has 4 nitrogen and oxygen atoms in total. The number of likely N-dealkylation sites (N-methyl/N-ethyl adjacent to an activating group) is 1. The Balaban J connectivity index is 2.56. The van der Waals surface area contributed by atoms with Crippen molar-refractivity contribution < 1.29 is 5.11 Å². The second kappa shape index (κ2) is 5.96. The van der Waals surface area contributed by atoms with E-state index in [1.165, 1.54) is 6.42 Å². The lowest BCUT2D eigenvalue weighted by Crippen LogP contribution is -2.52. The third kappa shape index (κ3) is 3.17. The lowest BCUT2D eigenvalue weighted by molar-refractivity contribution is 0.105. The summed E-state index contributed by atoms with van der Waals surface area (Å²) in [4.78, 5) is 4.60. The Labute approximate surface area is 99.4 Å². The van der Waals surface area contributed by atoms with Gasteiger partial charge >= 0.3 is 0 Å². The first-order chi connectivity index (χ1) is 7.47. The van der Waals surface area contributed by atoms with Gasteiger partial charge in [0, 0.05) is 31.2 Å². The van der Waals surface area contributed by atoms with Gasteiger partial charge in [0.2, 0.25) is 0 Å². The van der Waals surface area contributed by atoms with Crippen molar-refractivity contribution in [1.82, 2.24) is 9.80 Å². The third-order valence-corrected chi connectivity index (χ3v) is 3.80. The zero-order chi connectivity index (χ0) is 12.3. The van der Waals surface area contributed by atoms with Gasteiger partial charge in [0.05, 0.1) is 6.61 Å². The molecule has 16 heavy (non-hydrogen) atoms. The maximum Gasteiger partial charge on any atom is 0.0602 e. The van der Waals surface area contributed by atoms with Crippen LogP contribution in [0.25, 0.3) is 0 Å². The van der Waals surface area contributed by atoms with Gasteiger partial charge in [-0.15, -0.1) is 0 Å². The van der Waals surface area contributed by atoms with Gasteiger partial charge in [-0.3, -0.25) is 4.90 Å². The van der Waals surface area contributed by atoms with Crippen LogP contribution in [0.3, 0.4) is 0 Å². The summed E-state index contributed by atoms with van der Waals surface area (Å²) in [5.74, 6) is 0.413. The number of hydrogen-bond acceptors (Lipinski definition) is 4. The van der Waals surface area contributed by atoms with Gasteiger partial charge in [0.25, 0.3) is 0 Å². The smallest absolute Gasteiger partial charge is 0.0602 e. The number of likely N-dealkylation sites (tertiary alicyclic amines) is 1. The zero-order valence-electron chi connectivity index (χ0n) is 11.1. The van der Waals surface area contributed by atoms with Crippen molar-refractivity contribution in [1.29, 1.82) is 0 Å². The van der Waals surface area contributed by atoms with E-state index < -0.39 is 0 Å². The summed E-state index contributed by atoms with van der Waals surface area (Å²) < 4.78 is 0. The highest BCUT2D eigenvalue weighted by Gasteiger charge is 2.32. The Morgan fingerprint density at radius 2 is 2.06 bits per heavy atom. The van der Waals surface area contributed by atoms with Crippen LogP contribution in [-0.4, -0.2) is 66.8 Å². The van der Waals surface area contributed by atoms with Crippen LogP contribution in [-0.2, 0) is 0 Å². The monoisotopic (exact) mass is 229 g/mol. The summed E-state index contributed by atoms with van der Waals surface area (Å²) in [5, 5.41) is 9.50. The summed E-state index contributed by atoms with van der Waals surface area (Å²) in [6.45, 7) is 6.48. The molecule has 96 valence electrons. The van der Waals surface area contributed by atoms with Crippen LogP contribution in [0.1, 0.15) is 20.3 Å². The maximum absolute atomic E-state index is 9.50. The summed E-state index contributed by atoms with van der Waals surface area (Å²) in [6, 6.07) is 0.782. The van der Waals surface area contributed by atoms with Gasteiger partial charge in [0.15, 0.2) is 0 Å². The molecule has 1 aliphatic rings. The maximum atomic E-state index is 9.50. The number of aliphatic hydroxyl groups is 1. The number of hydrogen-bond donors (Lipinski definition) is 2. The van der Waals surface area contributed by atoms with Crippen molar-refractivity contribution in [3.8, 4) is 0 Å². The molecule has 1 heterocycles. The molecule has 1 rings (SSSR count). The number of aliphatic hydroxyl groups excluding tert-OH is 1. The predicted octanol–water partition coefficient (Wildman–Crippen LogP) is -0.0335. The minimum absolute atomic E-state index is 0.0610. The highest BCUT2D eigenvalue weighted by Crippen LogP contribution is 2.19. The van der Waals surface area contributed by atoms with E-state index in [1.54, 1.807) is 0 Å². The molecule has 4 heteroatoms. The predicted molar refractivity (Wildman–Crippen MR) is 67.4 cm³/mol. The van der Waals surface area contributed by atoms with E-state index in [0.29, 0.717) is 12.0 Å². The zero-order valence-corrected chi connectivity index (χ0v) is 11.1. The van der Waals surface area contributed by atoms with Gasteiger partial charge in [-0.25, -0.2) is 0 Å². The quantitative estimate of drug-likeness (QED) is 0.695. The van der Waals surface area contributed by atoms with Crippen molar-refractivity contribution in [3.05, 3.63) is 0 Å². The number of nitrogens with two attached hydrogens (primary N) is 1. The molecule has 1 fully saturated rings. The standard InChI is InChI=1S/C12H27N3O/c1-9(2)12(13)11(8-16)15-6-5-10(7-15)14(3)4/h9-12,16H,5-8,13H2,1-4H3. The average molecular weight is 229 g/mol. The molecule has 0 aliphatic carbocycles. The van der Waals surface area contributed by atoms with Crippen molar-refractivity contribution in [2.24, 2.45) is 11.7 Å². The minimum Gasteiger partial charge on any atom is -0.395 e. The highest BCUT2D eigenvalue weighted by molar-refractivity contribution is 4.90. The van der Waals surface area contributed by atoms with E-state index >= 15 is 0 Å². The van der Waals surface area contributed by atoms with Crippen molar-refractivity contribution in [2.45, 2.75) is 38.4 Å². The Kier molecular flexibility index (Phi) is 5.18. The Hall–Kier alpha value is -0.160. The van der Waals surface area contributed by atoms with Gasteiger partial charge in [-0.1, -0.05) is 13.8 Å². The van der Waals surface area contributed by atoms with Crippen LogP contribution in [0.5, 0.6) is 0 Å². The molecule has 0 aromatic rings. The molecule has 0 aromatic carbocycles. The molecular weight excluding hydrogens is 202 g/mol. The van der Waals surface area contributed by atoms with E-state index in [4.69, 9.17) is 5.73 Å². The third-order valence-electron chi connectivity index (χ3n) is 3.80. The fourth-order valence-electron chi connectivity index (χ4n) is 2.42. The Morgan fingerprint density at radius 3 is 2.44 bits per heavy atom. The van der Waals surface area contributed by atoms with Gasteiger partial charge in [-0.05, 0) is 26.4 Å². The molecule has 3 N–H and O–H groups in total. The molecule has 0 amide bonds. The molecule has 0 bridgehead atoms. The minimum atomic E-state index is 0.0610. The summed E-state index contributed by atoms with van der Waals surface area (Å²) in [6.07, 6.45) is 1.17. The van der Waals surface area contributed by atoms with E-state index in [2.05, 4.69) is 37.7 Å². The average Bonchev–Trinajstić information content (AvgIpc) is 2.68. The van der Waals surface area contributed by atoms with Crippen molar-refractivity contribution in [2.75, 3.05) is 33.8 Å². The van der Waals surface area contributed by atoms with Gasteiger partial charge in [0.1, 0.15) is 0 Å². The first-order valence-electron chi connectivity index (χ1n) is 6.24. The van der Waals surface area contributed by atoms with Crippen LogP contribution < -0.4 is 5.73 Å². The van der Waals surface area contributed by atoms with Crippen molar-refractivity contribution >= 4 is 0 Å². The largest absolute Gasteiger partial charge is 0.395 e. The first-order valence-corrected chi connectivity index (χ1v) is 6.24. The second-order valence-electron chi connectivity index (χ2n) is 5.47. The second-order valence-corrected chi connectivity index (χ2v) is 5.47. The summed E-state index contributed by atoms with van der Waals surface area (Å²) >= 11 is 0. The lowest BCUT2D eigenvalue weighted by atomic mass is 9.97. The Bertz CT molecular complexity index is 208. The van der Waals surface area contributed by atoms with E-state index in [0.717, 1.165) is 13.1 Å². The number of nitrogens with zero attached hydrogens (tertiary/aromatic N) is 2. The first kappa shape index (κ1) is 13.9. The van der Waals surface area contributed by atoms with Gasteiger partial charge < -0.3 is 15.7 Å². The SMILES string of the molecule is CC(C)C(N)C(CO)N1CCC(N(C)C)C1. The number of rotatable bonds is 5. The van der Waals surface area contributed by atoms with Crippen LogP contribution in [0.2, 0.25) is 0 Å². The van der Waals surface area contributed by atoms with Gasteiger partial charge in [-0.2, -0.15) is 0 Å². The molecule has 0 aromatic heterocycles.